The molecule has 0 radical (unpaired) electrons. The summed E-state index contributed by atoms with van der Waals surface area (Å²) in [6, 6.07) is 24.9. The van der Waals surface area contributed by atoms with Crippen LogP contribution in [0.1, 0.15) is 69.2 Å². The van der Waals surface area contributed by atoms with Gasteiger partial charge in [-0.25, -0.2) is 0 Å². The Balaban J connectivity index is 1.69. The summed E-state index contributed by atoms with van der Waals surface area (Å²) in [4.78, 5) is 0. The van der Waals surface area contributed by atoms with Gasteiger partial charge < -0.3 is 9.47 Å². The zero-order valence-electron chi connectivity index (χ0n) is 21.7. The highest BCUT2D eigenvalue weighted by atomic mass is 16.5. The average molecular weight is 481 g/mol. The van der Waals surface area contributed by atoms with Crippen LogP contribution in [-0.2, 0) is 6.42 Å². The summed E-state index contributed by atoms with van der Waals surface area (Å²) < 4.78 is 11.6. The summed E-state index contributed by atoms with van der Waals surface area (Å²) in [7, 11) is 0. The van der Waals surface area contributed by atoms with E-state index in [1.165, 1.54) is 27.8 Å². The van der Waals surface area contributed by atoms with Gasteiger partial charge in [0, 0.05) is 12.8 Å². The van der Waals surface area contributed by atoms with Gasteiger partial charge >= 0.3 is 0 Å². The van der Waals surface area contributed by atoms with E-state index in [1.807, 2.05) is 18.2 Å². The molecule has 0 aliphatic heterocycles. The Hall–Kier alpha value is -3.66. The SMILES string of the molecule is CC(C)CC(=N)Oc1ccc(C2=C(c3ccccc3)CCc3cc(OC(=N)CC(C)C)ccc32)cc1. The van der Waals surface area contributed by atoms with Crippen LogP contribution in [0.2, 0.25) is 0 Å². The second kappa shape index (κ2) is 11.4. The fourth-order valence-corrected chi connectivity index (χ4v) is 4.69. The molecule has 4 rings (SSSR count). The van der Waals surface area contributed by atoms with Crippen molar-refractivity contribution in [3.05, 3.63) is 95.1 Å². The van der Waals surface area contributed by atoms with E-state index < -0.39 is 0 Å². The highest BCUT2D eigenvalue weighted by Crippen LogP contribution is 2.42. The largest absolute Gasteiger partial charge is 0.444 e. The second-order valence-electron chi connectivity index (χ2n) is 10.3. The molecule has 0 aromatic heterocycles. The van der Waals surface area contributed by atoms with Crippen molar-refractivity contribution >= 4 is 22.9 Å². The van der Waals surface area contributed by atoms with Crippen molar-refractivity contribution in [1.29, 1.82) is 10.8 Å². The van der Waals surface area contributed by atoms with E-state index in [0.717, 1.165) is 24.2 Å². The molecule has 0 atom stereocenters. The van der Waals surface area contributed by atoms with Gasteiger partial charge in [0.05, 0.1) is 0 Å². The van der Waals surface area contributed by atoms with Crippen molar-refractivity contribution in [3.63, 3.8) is 0 Å². The van der Waals surface area contributed by atoms with E-state index in [-0.39, 0.29) is 0 Å². The summed E-state index contributed by atoms with van der Waals surface area (Å²) >= 11 is 0. The van der Waals surface area contributed by atoms with E-state index in [4.69, 9.17) is 20.3 Å². The molecule has 2 N–H and O–H groups in total. The summed E-state index contributed by atoms with van der Waals surface area (Å²) in [6.07, 6.45) is 3.10. The molecule has 0 amide bonds. The van der Waals surface area contributed by atoms with Gasteiger partial charge in [0.15, 0.2) is 11.8 Å². The lowest BCUT2D eigenvalue weighted by Gasteiger charge is -2.25. The number of aryl methyl sites for hydroxylation is 1. The molecule has 4 heteroatoms. The fourth-order valence-electron chi connectivity index (χ4n) is 4.69. The predicted molar refractivity (Wildman–Crippen MR) is 149 cm³/mol. The smallest absolute Gasteiger partial charge is 0.187 e. The maximum absolute atomic E-state index is 8.16. The highest BCUT2D eigenvalue weighted by molar-refractivity contribution is 6.01. The Bertz CT molecular complexity index is 1260. The molecule has 3 aromatic rings. The third-order valence-electron chi connectivity index (χ3n) is 6.23. The lowest BCUT2D eigenvalue weighted by atomic mass is 9.79. The van der Waals surface area contributed by atoms with Crippen LogP contribution in [-0.4, -0.2) is 11.8 Å². The predicted octanol–water partition coefficient (Wildman–Crippen LogP) is 8.40. The average Bonchev–Trinajstić information content (AvgIpc) is 2.83. The van der Waals surface area contributed by atoms with Crippen molar-refractivity contribution in [1.82, 2.24) is 0 Å². The highest BCUT2D eigenvalue weighted by Gasteiger charge is 2.22. The minimum Gasteiger partial charge on any atom is -0.444 e. The number of hydrogen-bond donors (Lipinski definition) is 2. The van der Waals surface area contributed by atoms with Gasteiger partial charge in [0.1, 0.15) is 11.5 Å². The van der Waals surface area contributed by atoms with E-state index in [0.29, 0.717) is 42.2 Å². The van der Waals surface area contributed by atoms with Crippen LogP contribution in [0, 0.1) is 22.7 Å². The first-order chi connectivity index (χ1) is 17.3. The van der Waals surface area contributed by atoms with Gasteiger partial charge in [-0.2, -0.15) is 0 Å². The Morgan fingerprint density at radius 1 is 0.694 bits per heavy atom. The number of rotatable bonds is 8. The molecule has 1 aliphatic rings. The van der Waals surface area contributed by atoms with E-state index in [9.17, 15) is 0 Å². The number of nitrogens with one attached hydrogen (secondary N) is 2. The molecule has 0 saturated carbocycles. The normalized spacial score (nSPS) is 13.1. The van der Waals surface area contributed by atoms with Crippen LogP contribution < -0.4 is 9.47 Å². The number of hydrogen-bond acceptors (Lipinski definition) is 4. The molecule has 3 aromatic carbocycles. The molecule has 4 nitrogen and oxygen atoms in total. The molecular weight excluding hydrogens is 444 g/mol. The zero-order valence-corrected chi connectivity index (χ0v) is 21.7. The van der Waals surface area contributed by atoms with Gasteiger partial charge in [-0.1, -0.05) is 76.2 Å². The topological polar surface area (TPSA) is 66.2 Å². The van der Waals surface area contributed by atoms with E-state index in [2.05, 4.69) is 82.3 Å². The Labute approximate surface area is 215 Å². The molecule has 1 aliphatic carbocycles. The summed E-state index contributed by atoms with van der Waals surface area (Å²) in [5.41, 5.74) is 7.33. The first-order valence-corrected chi connectivity index (χ1v) is 12.8. The molecule has 0 bridgehead atoms. The molecular formula is C32H36N2O2. The van der Waals surface area contributed by atoms with Crippen LogP contribution in [0.25, 0.3) is 11.1 Å². The van der Waals surface area contributed by atoms with Crippen molar-refractivity contribution in [2.45, 2.75) is 53.4 Å². The maximum Gasteiger partial charge on any atom is 0.187 e. The van der Waals surface area contributed by atoms with Gasteiger partial charge in [-0.05, 0) is 82.3 Å². The van der Waals surface area contributed by atoms with Gasteiger partial charge in [0.2, 0.25) is 0 Å². The van der Waals surface area contributed by atoms with Crippen LogP contribution in [0.3, 0.4) is 0 Å². The van der Waals surface area contributed by atoms with Crippen molar-refractivity contribution in [2.75, 3.05) is 0 Å². The third-order valence-corrected chi connectivity index (χ3v) is 6.23. The standard InChI is InChI=1S/C32H36N2O2/c1-21(2)18-30(33)35-26-13-10-24(11-14-26)32-28(23-8-6-5-7-9-23)16-12-25-20-27(15-17-29(25)32)36-31(34)19-22(3)4/h5-11,13-15,17,20-22,33-34H,12,16,18-19H2,1-4H3. The monoisotopic (exact) mass is 480 g/mol. The van der Waals surface area contributed by atoms with E-state index >= 15 is 0 Å². The van der Waals surface area contributed by atoms with Crippen LogP contribution in [0.15, 0.2) is 72.8 Å². The molecule has 0 spiro atoms. The van der Waals surface area contributed by atoms with Crippen LogP contribution >= 0.6 is 0 Å². The molecule has 0 unspecified atom stereocenters. The Kier molecular flexibility index (Phi) is 8.04. The summed E-state index contributed by atoms with van der Waals surface area (Å²) in [5.74, 6) is 2.79. The minimum absolute atomic E-state index is 0.292. The molecule has 0 saturated heterocycles. The second-order valence-corrected chi connectivity index (χ2v) is 10.3. The Morgan fingerprint density at radius 3 is 1.89 bits per heavy atom. The Morgan fingerprint density at radius 2 is 1.28 bits per heavy atom. The van der Waals surface area contributed by atoms with Crippen molar-refractivity contribution in [2.24, 2.45) is 11.8 Å². The lowest BCUT2D eigenvalue weighted by Crippen LogP contribution is -2.11. The number of fused-ring (bicyclic) bond motifs is 1. The zero-order chi connectivity index (χ0) is 25.7. The summed E-state index contributed by atoms with van der Waals surface area (Å²) in [6.45, 7) is 8.36. The minimum atomic E-state index is 0.292. The molecule has 36 heavy (non-hydrogen) atoms. The fraction of sp³-hybridized carbons (Fsp3) is 0.312. The first-order valence-electron chi connectivity index (χ1n) is 12.8. The molecule has 0 fully saturated rings. The lowest BCUT2D eigenvalue weighted by molar-refractivity contribution is 0.500. The number of ether oxygens (including phenoxy) is 2. The van der Waals surface area contributed by atoms with Crippen molar-refractivity contribution in [3.8, 4) is 11.5 Å². The maximum atomic E-state index is 8.16. The number of allylic oxidation sites excluding steroid dienone is 1. The van der Waals surface area contributed by atoms with Gasteiger partial charge in [-0.15, -0.1) is 0 Å². The van der Waals surface area contributed by atoms with Crippen molar-refractivity contribution < 1.29 is 9.47 Å². The summed E-state index contributed by atoms with van der Waals surface area (Å²) in [5, 5.41) is 16.3. The van der Waals surface area contributed by atoms with Gasteiger partial charge in [-0.3, -0.25) is 10.8 Å². The van der Waals surface area contributed by atoms with Crippen LogP contribution in [0.5, 0.6) is 11.5 Å². The van der Waals surface area contributed by atoms with Crippen LogP contribution in [0.4, 0.5) is 0 Å². The number of benzene rings is 3. The third kappa shape index (κ3) is 6.31. The van der Waals surface area contributed by atoms with E-state index in [1.54, 1.807) is 0 Å². The van der Waals surface area contributed by atoms with Gasteiger partial charge in [0.25, 0.3) is 0 Å². The molecule has 186 valence electrons. The first kappa shape index (κ1) is 25.4. The quantitative estimate of drug-likeness (QED) is 0.251. The molecule has 0 heterocycles.